The van der Waals surface area contributed by atoms with E-state index in [9.17, 15) is 18.0 Å². The van der Waals surface area contributed by atoms with Gasteiger partial charge in [-0.05, 0) is 12.1 Å². The molecule has 0 aliphatic heterocycles. The average molecular weight is 267 g/mol. The molecule has 3 rings (SSSR count). The zero-order valence-corrected chi connectivity index (χ0v) is 9.06. The van der Waals surface area contributed by atoms with Crippen molar-refractivity contribution in [2.24, 2.45) is 0 Å². The van der Waals surface area contributed by atoms with E-state index in [4.69, 9.17) is 0 Å². The van der Waals surface area contributed by atoms with Gasteiger partial charge in [-0.2, -0.15) is 4.68 Å². The van der Waals surface area contributed by atoms with Gasteiger partial charge >= 0.3 is 0 Å². The van der Waals surface area contributed by atoms with E-state index in [1.54, 1.807) is 0 Å². The van der Waals surface area contributed by atoms with Crippen molar-refractivity contribution in [1.29, 1.82) is 0 Å². The highest BCUT2D eigenvalue weighted by Crippen LogP contribution is 2.19. The van der Waals surface area contributed by atoms with Gasteiger partial charge in [0.25, 0.3) is 5.56 Å². The molecule has 0 radical (unpaired) electrons. The normalized spacial score (nSPS) is 11.1. The van der Waals surface area contributed by atoms with Crippen LogP contribution in [0.5, 0.6) is 0 Å². The number of aromatic nitrogens is 5. The summed E-state index contributed by atoms with van der Waals surface area (Å²) < 4.78 is 40.5. The molecule has 1 N–H and O–H groups in total. The number of benzene rings is 1. The van der Waals surface area contributed by atoms with E-state index >= 15 is 0 Å². The van der Waals surface area contributed by atoms with Crippen molar-refractivity contribution in [3.05, 3.63) is 46.3 Å². The van der Waals surface area contributed by atoms with Crippen molar-refractivity contribution in [2.75, 3.05) is 0 Å². The second-order valence-electron chi connectivity index (χ2n) is 3.60. The molecule has 0 atom stereocenters. The van der Waals surface area contributed by atoms with Gasteiger partial charge in [-0.3, -0.25) is 4.79 Å². The second-order valence-corrected chi connectivity index (χ2v) is 3.60. The van der Waals surface area contributed by atoms with Gasteiger partial charge in [-0.25, -0.2) is 18.2 Å². The molecule has 6 nitrogen and oxygen atoms in total. The summed E-state index contributed by atoms with van der Waals surface area (Å²) in [4.78, 5) is 17.4. The molecular weight excluding hydrogens is 263 g/mol. The summed E-state index contributed by atoms with van der Waals surface area (Å²) >= 11 is 0. The third-order valence-electron chi connectivity index (χ3n) is 2.49. The number of nitrogens with zero attached hydrogens (tertiary/aromatic N) is 4. The van der Waals surface area contributed by atoms with Crippen molar-refractivity contribution in [2.45, 2.75) is 0 Å². The molecule has 0 amide bonds. The zero-order chi connectivity index (χ0) is 13.6. The highest BCUT2D eigenvalue weighted by molar-refractivity contribution is 5.69. The van der Waals surface area contributed by atoms with Crippen LogP contribution in [-0.4, -0.2) is 25.0 Å². The van der Waals surface area contributed by atoms with Crippen molar-refractivity contribution < 1.29 is 13.2 Å². The molecular formula is C10H4F3N5O. The zero-order valence-electron chi connectivity index (χ0n) is 9.06. The maximum absolute atomic E-state index is 13.6. The minimum atomic E-state index is -1.63. The summed E-state index contributed by atoms with van der Waals surface area (Å²) in [5.41, 5.74) is -1.15. The van der Waals surface area contributed by atoms with E-state index < -0.39 is 23.0 Å². The minimum absolute atomic E-state index is 0.0614. The fourth-order valence-corrected chi connectivity index (χ4v) is 1.60. The summed E-state index contributed by atoms with van der Waals surface area (Å²) in [7, 11) is 0. The number of aromatic amines is 1. The summed E-state index contributed by atoms with van der Waals surface area (Å²) in [5, 5.41) is 7.02. The lowest BCUT2D eigenvalue weighted by molar-refractivity contribution is 0.443. The lowest BCUT2D eigenvalue weighted by atomic mass is 10.3. The topological polar surface area (TPSA) is 76.5 Å². The average Bonchev–Trinajstić information content (AvgIpc) is 2.82. The Hall–Kier alpha value is -2.71. The maximum atomic E-state index is 13.6. The molecule has 96 valence electrons. The molecule has 0 saturated carbocycles. The Bertz CT molecular complexity index is 841. The standard InChI is InChI=1S/C10H4F3N5O/c11-4-1-2-5(7(13)6(4)12)18-9-8(16-17-18)10(19)15-3-14-9/h1-3H,(H,14,15,19). The van der Waals surface area contributed by atoms with E-state index in [1.165, 1.54) is 0 Å². The summed E-state index contributed by atoms with van der Waals surface area (Å²) in [6, 6.07) is 1.72. The van der Waals surface area contributed by atoms with Crippen LogP contribution in [0.1, 0.15) is 0 Å². The van der Waals surface area contributed by atoms with Crippen LogP contribution in [0.15, 0.2) is 23.3 Å². The lowest BCUT2D eigenvalue weighted by Gasteiger charge is -2.04. The third kappa shape index (κ3) is 1.58. The Kier molecular flexibility index (Phi) is 2.34. The first kappa shape index (κ1) is 11.4. The van der Waals surface area contributed by atoms with Gasteiger partial charge in [0.2, 0.25) is 0 Å². The van der Waals surface area contributed by atoms with Gasteiger partial charge in [0, 0.05) is 0 Å². The number of hydrogen-bond acceptors (Lipinski definition) is 4. The Balaban J connectivity index is 2.35. The predicted octanol–water partition coefficient (Wildman–Crippen LogP) is 0.921. The molecule has 1 aromatic carbocycles. The summed E-state index contributed by atoms with van der Waals surface area (Å²) in [5.74, 6) is -4.39. The Morgan fingerprint density at radius 2 is 1.95 bits per heavy atom. The minimum Gasteiger partial charge on any atom is -0.311 e. The van der Waals surface area contributed by atoms with E-state index in [-0.39, 0.29) is 16.9 Å². The van der Waals surface area contributed by atoms with E-state index in [0.29, 0.717) is 0 Å². The smallest absolute Gasteiger partial charge is 0.280 e. The van der Waals surface area contributed by atoms with Crippen molar-refractivity contribution >= 4 is 11.2 Å². The van der Waals surface area contributed by atoms with Crippen LogP contribution in [0.2, 0.25) is 0 Å². The first-order valence-corrected chi connectivity index (χ1v) is 5.02. The predicted molar refractivity (Wildman–Crippen MR) is 57.2 cm³/mol. The van der Waals surface area contributed by atoms with Crippen LogP contribution in [0.3, 0.4) is 0 Å². The van der Waals surface area contributed by atoms with Gasteiger partial charge < -0.3 is 4.98 Å². The number of nitrogens with one attached hydrogen (secondary N) is 1. The Morgan fingerprint density at radius 3 is 2.74 bits per heavy atom. The molecule has 9 heteroatoms. The molecule has 0 fully saturated rings. The van der Waals surface area contributed by atoms with E-state index in [1.807, 2.05) is 0 Å². The number of halogens is 3. The van der Waals surface area contributed by atoms with Crippen LogP contribution in [0.25, 0.3) is 16.9 Å². The fourth-order valence-electron chi connectivity index (χ4n) is 1.60. The highest BCUT2D eigenvalue weighted by Gasteiger charge is 2.18. The summed E-state index contributed by atoms with van der Waals surface area (Å²) in [6.07, 6.45) is 1.07. The van der Waals surface area contributed by atoms with Crippen molar-refractivity contribution in [3.63, 3.8) is 0 Å². The lowest BCUT2D eigenvalue weighted by Crippen LogP contribution is -2.08. The molecule has 0 saturated heterocycles. The molecule has 0 spiro atoms. The van der Waals surface area contributed by atoms with Crippen molar-refractivity contribution in [1.82, 2.24) is 25.0 Å². The molecule has 0 bridgehead atoms. The van der Waals surface area contributed by atoms with Gasteiger partial charge in [0.15, 0.2) is 28.6 Å². The molecule has 0 aliphatic carbocycles. The van der Waals surface area contributed by atoms with Gasteiger partial charge in [0.1, 0.15) is 5.69 Å². The number of rotatable bonds is 1. The second kappa shape index (κ2) is 3.90. The largest absolute Gasteiger partial charge is 0.311 e. The quantitative estimate of drug-likeness (QED) is 0.665. The van der Waals surface area contributed by atoms with Crippen LogP contribution >= 0.6 is 0 Å². The van der Waals surface area contributed by atoms with Crippen LogP contribution in [0.4, 0.5) is 13.2 Å². The van der Waals surface area contributed by atoms with Gasteiger partial charge in [-0.15, -0.1) is 5.10 Å². The Labute approximate surface area is 102 Å². The summed E-state index contributed by atoms with van der Waals surface area (Å²) in [6.45, 7) is 0. The first-order valence-electron chi connectivity index (χ1n) is 5.02. The van der Waals surface area contributed by atoms with Crippen LogP contribution in [0, 0.1) is 17.5 Å². The van der Waals surface area contributed by atoms with Crippen molar-refractivity contribution in [3.8, 4) is 5.69 Å². The monoisotopic (exact) mass is 267 g/mol. The fraction of sp³-hybridized carbons (Fsp3) is 0. The highest BCUT2D eigenvalue weighted by atomic mass is 19.2. The Morgan fingerprint density at radius 1 is 1.16 bits per heavy atom. The molecule has 0 aliphatic rings. The number of hydrogen-bond donors (Lipinski definition) is 1. The van der Waals surface area contributed by atoms with Crippen LogP contribution in [-0.2, 0) is 0 Å². The van der Waals surface area contributed by atoms with E-state index in [0.717, 1.165) is 23.1 Å². The number of H-pyrrole nitrogens is 1. The van der Waals surface area contributed by atoms with Gasteiger partial charge in [0.05, 0.1) is 6.33 Å². The molecule has 0 unspecified atom stereocenters. The third-order valence-corrected chi connectivity index (χ3v) is 2.49. The molecule has 2 aromatic heterocycles. The van der Waals surface area contributed by atoms with E-state index in [2.05, 4.69) is 20.3 Å². The molecule has 19 heavy (non-hydrogen) atoms. The number of fused-ring (bicyclic) bond motifs is 1. The van der Waals surface area contributed by atoms with Crippen LogP contribution < -0.4 is 5.56 Å². The first-order chi connectivity index (χ1) is 9.09. The molecule has 2 heterocycles. The maximum Gasteiger partial charge on any atom is 0.280 e. The van der Waals surface area contributed by atoms with Gasteiger partial charge in [-0.1, -0.05) is 5.21 Å². The SMILES string of the molecule is O=c1[nH]cnc2c1nnn2-c1ccc(F)c(F)c1F. The molecule has 3 aromatic rings.